The SMILES string of the molecule is CC[C@@H](C(=O)N[C@@H]1CCCc2ccccc21)N(c1ccc(C)cc1)S(C)(=O)=O. The molecule has 0 saturated heterocycles. The fourth-order valence-electron chi connectivity index (χ4n) is 3.92. The number of nitrogens with one attached hydrogen (secondary N) is 1. The maximum absolute atomic E-state index is 13.2. The summed E-state index contributed by atoms with van der Waals surface area (Å²) in [5.41, 5.74) is 3.94. The molecule has 5 nitrogen and oxygen atoms in total. The highest BCUT2D eigenvalue weighted by Crippen LogP contribution is 2.30. The summed E-state index contributed by atoms with van der Waals surface area (Å²) in [7, 11) is -3.62. The Morgan fingerprint density at radius 1 is 1.18 bits per heavy atom. The van der Waals surface area contributed by atoms with Gasteiger partial charge in [0.05, 0.1) is 18.0 Å². The Bertz CT molecular complexity index is 939. The highest BCUT2D eigenvalue weighted by atomic mass is 32.2. The number of fused-ring (bicyclic) bond motifs is 1. The molecule has 2 atom stereocenters. The highest BCUT2D eigenvalue weighted by molar-refractivity contribution is 7.92. The van der Waals surface area contributed by atoms with Crippen LogP contribution in [0.3, 0.4) is 0 Å². The third-order valence-electron chi connectivity index (χ3n) is 5.30. The van der Waals surface area contributed by atoms with Crippen LogP contribution in [0.2, 0.25) is 0 Å². The molecule has 0 aromatic heterocycles. The van der Waals surface area contributed by atoms with Crippen LogP contribution in [-0.2, 0) is 21.2 Å². The van der Waals surface area contributed by atoms with Gasteiger partial charge in [-0.15, -0.1) is 0 Å². The van der Waals surface area contributed by atoms with Gasteiger partial charge < -0.3 is 5.32 Å². The molecular weight excluding hydrogens is 372 g/mol. The van der Waals surface area contributed by atoms with Gasteiger partial charge in [0.15, 0.2) is 0 Å². The largest absolute Gasteiger partial charge is 0.347 e. The first-order chi connectivity index (χ1) is 13.3. The number of hydrogen-bond acceptors (Lipinski definition) is 3. The van der Waals surface area contributed by atoms with E-state index >= 15 is 0 Å². The lowest BCUT2D eigenvalue weighted by atomic mass is 9.87. The molecular formula is C22H28N2O3S. The molecule has 1 N–H and O–H groups in total. The summed E-state index contributed by atoms with van der Waals surface area (Å²) in [6, 6.07) is 14.5. The average Bonchev–Trinajstić information content (AvgIpc) is 2.66. The van der Waals surface area contributed by atoms with E-state index in [0.717, 1.165) is 36.6 Å². The Morgan fingerprint density at radius 3 is 2.50 bits per heavy atom. The number of hydrogen-bond donors (Lipinski definition) is 1. The van der Waals surface area contributed by atoms with Crippen LogP contribution in [0.1, 0.15) is 48.9 Å². The lowest BCUT2D eigenvalue weighted by Gasteiger charge is -2.33. The molecule has 1 amide bonds. The maximum atomic E-state index is 13.2. The van der Waals surface area contributed by atoms with E-state index in [9.17, 15) is 13.2 Å². The monoisotopic (exact) mass is 400 g/mol. The second-order valence-corrected chi connectivity index (χ2v) is 9.33. The molecule has 3 rings (SSSR count). The van der Waals surface area contributed by atoms with Crippen molar-refractivity contribution in [2.24, 2.45) is 0 Å². The van der Waals surface area contributed by atoms with Crippen LogP contribution >= 0.6 is 0 Å². The smallest absolute Gasteiger partial charge is 0.244 e. The number of nitrogens with zero attached hydrogens (tertiary/aromatic N) is 1. The van der Waals surface area contributed by atoms with Gasteiger partial charge in [-0.1, -0.05) is 48.9 Å². The predicted molar refractivity (Wildman–Crippen MR) is 113 cm³/mol. The van der Waals surface area contributed by atoms with Gasteiger partial charge in [-0.3, -0.25) is 9.10 Å². The topological polar surface area (TPSA) is 66.5 Å². The standard InChI is InChI=1S/C22H28N2O3S/c1-4-21(24(28(3,26)27)18-14-12-16(2)13-15-18)22(25)23-20-11-7-9-17-8-5-6-10-19(17)20/h5-6,8,10,12-15,20-21H,4,7,9,11H2,1-3H3,(H,23,25)/t20-,21+/m1/s1. The van der Waals surface area contributed by atoms with Crippen molar-refractivity contribution in [3.8, 4) is 0 Å². The first kappa shape index (κ1) is 20.4. The van der Waals surface area contributed by atoms with E-state index in [1.165, 1.54) is 9.87 Å². The average molecular weight is 401 g/mol. The van der Waals surface area contributed by atoms with E-state index in [-0.39, 0.29) is 11.9 Å². The minimum absolute atomic E-state index is 0.0778. The quantitative estimate of drug-likeness (QED) is 0.803. The lowest BCUT2D eigenvalue weighted by molar-refractivity contribution is -0.123. The second kappa shape index (κ2) is 8.35. The minimum atomic E-state index is -3.62. The van der Waals surface area contributed by atoms with Gasteiger partial charge in [0, 0.05) is 0 Å². The Labute approximate surface area is 167 Å². The molecule has 1 aliphatic rings. The van der Waals surface area contributed by atoms with Crippen LogP contribution in [0.5, 0.6) is 0 Å². The number of aryl methyl sites for hydroxylation is 2. The zero-order valence-electron chi connectivity index (χ0n) is 16.7. The number of rotatable bonds is 6. The molecule has 150 valence electrons. The van der Waals surface area contributed by atoms with E-state index in [1.54, 1.807) is 12.1 Å². The second-order valence-electron chi connectivity index (χ2n) is 7.47. The molecule has 2 aromatic rings. The number of amides is 1. The fraction of sp³-hybridized carbons (Fsp3) is 0.409. The molecule has 0 bridgehead atoms. The van der Waals surface area contributed by atoms with Crippen molar-refractivity contribution in [2.75, 3.05) is 10.6 Å². The van der Waals surface area contributed by atoms with Gasteiger partial charge >= 0.3 is 0 Å². The first-order valence-corrected chi connectivity index (χ1v) is 11.6. The van der Waals surface area contributed by atoms with Crippen molar-refractivity contribution in [1.29, 1.82) is 0 Å². The Kier molecular flexibility index (Phi) is 6.08. The highest BCUT2D eigenvalue weighted by Gasteiger charge is 2.33. The third-order valence-corrected chi connectivity index (χ3v) is 6.48. The number of sulfonamides is 1. The molecule has 0 saturated carbocycles. The molecule has 0 aliphatic heterocycles. The summed E-state index contributed by atoms with van der Waals surface area (Å²) < 4.78 is 26.4. The molecule has 0 unspecified atom stereocenters. The van der Waals surface area contributed by atoms with E-state index in [4.69, 9.17) is 0 Å². The summed E-state index contributed by atoms with van der Waals surface area (Å²) >= 11 is 0. The molecule has 0 radical (unpaired) electrons. The molecule has 2 aromatic carbocycles. The number of anilines is 1. The summed E-state index contributed by atoms with van der Waals surface area (Å²) in [5, 5.41) is 3.11. The van der Waals surface area contributed by atoms with E-state index < -0.39 is 16.1 Å². The van der Waals surface area contributed by atoms with Crippen LogP contribution < -0.4 is 9.62 Å². The molecule has 0 spiro atoms. The number of carbonyl (C=O) groups excluding carboxylic acids is 1. The van der Waals surface area contributed by atoms with Crippen LogP contribution in [-0.4, -0.2) is 26.6 Å². The molecule has 0 heterocycles. The summed E-state index contributed by atoms with van der Waals surface area (Å²) in [6.07, 6.45) is 4.42. The summed E-state index contributed by atoms with van der Waals surface area (Å²) in [4.78, 5) is 13.2. The van der Waals surface area contributed by atoms with Crippen molar-refractivity contribution in [1.82, 2.24) is 5.32 Å². The molecule has 6 heteroatoms. The van der Waals surface area contributed by atoms with Crippen molar-refractivity contribution in [3.63, 3.8) is 0 Å². The number of carbonyl (C=O) groups is 1. The van der Waals surface area contributed by atoms with Gasteiger partial charge in [-0.05, 0) is 55.9 Å². The molecule has 0 fully saturated rings. The van der Waals surface area contributed by atoms with E-state index in [0.29, 0.717) is 12.1 Å². The summed E-state index contributed by atoms with van der Waals surface area (Å²) in [6.45, 7) is 3.78. The van der Waals surface area contributed by atoms with Crippen LogP contribution in [0.15, 0.2) is 48.5 Å². The number of benzene rings is 2. The lowest BCUT2D eigenvalue weighted by Crippen LogP contribution is -2.50. The van der Waals surface area contributed by atoms with Crippen molar-refractivity contribution in [3.05, 3.63) is 65.2 Å². The minimum Gasteiger partial charge on any atom is -0.347 e. The molecule has 28 heavy (non-hydrogen) atoms. The van der Waals surface area contributed by atoms with Gasteiger partial charge in [0.2, 0.25) is 15.9 Å². The van der Waals surface area contributed by atoms with Crippen molar-refractivity contribution in [2.45, 2.75) is 51.6 Å². The Morgan fingerprint density at radius 2 is 1.86 bits per heavy atom. The zero-order valence-corrected chi connectivity index (χ0v) is 17.5. The van der Waals surface area contributed by atoms with Gasteiger partial charge in [-0.25, -0.2) is 8.42 Å². The van der Waals surface area contributed by atoms with Crippen LogP contribution in [0.4, 0.5) is 5.69 Å². The third kappa shape index (κ3) is 4.38. The van der Waals surface area contributed by atoms with Crippen LogP contribution in [0, 0.1) is 6.92 Å². The predicted octanol–water partition coefficient (Wildman–Crippen LogP) is 3.73. The molecule has 1 aliphatic carbocycles. The normalized spacial score (nSPS) is 17.5. The first-order valence-electron chi connectivity index (χ1n) is 9.75. The summed E-state index contributed by atoms with van der Waals surface area (Å²) in [5.74, 6) is -0.254. The fourth-order valence-corrected chi connectivity index (χ4v) is 5.14. The van der Waals surface area contributed by atoms with Crippen molar-refractivity contribution >= 4 is 21.6 Å². The van der Waals surface area contributed by atoms with Crippen LogP contribution in [0.25, 0.3) is 0 Å². The Hall–Kier alpha value is -2.34. The van der Waals surface area contributed by atoms with Gasteiger partial charge in [-0.2, -0.15) is 0 Å². The van der Waals surface area contributed by atoms with E-state index in [1.807, 2.05) is 38.1 Å². The van der Waals surface area contributed by atoms with Gasteiger partial charge in [0.1, 0.15) is 6.04 Å². The Balaban J connectivity index is 1.88. The van der Waals surface area contributed by atoms with E-state index in [2.05, 4.69) is 17.4 Å². The zero-order chi connectivity index (χ0) is 20.3. The maximum Gasteiger partial charge on any atom is 0.244 e. The van der Waals surface area contributed by atoms with Gasteiger partial charge in [0.25, 0.3) is 0 Å². The van der Waals surface area contributed by atoms with Crippen molar-refractivity contribution < 1.29 is 13.2 Å².